The number of piperazine rings is 1. The molecule has 1 saturated heterocycles. The Bertz CT molecular complexity index is 1520. The van der Waals surface area contributed by atoms with Gasteiger partial charge >= 0.3 is 0 Å². The average Bonchev–Trinajstić information content (AvgIpc) is 3.54. The number of methoxy groups -OCH3 is 1. The lowest BCUT2D eigenvalue weighted by molar-refractivity contribution is 0.248. The Labute approximate surface area is 214 Å². The van der Waals surface area contributed by atoms with Crippen molar-refractivity contribution in [3.63, 3.8) is 0 Å². The number of aromatic amines is 1. The van der Waals surface area contributed by atoms with E-state index in [0.717, 1.165) is 72.4 Å². The van der Waals surface area contributed by atoms with E-state index >= 15 is 0 Å². The highest BCUT2D eigenvalue weighted by Crippen LogP contribution is 2.26. The van der Waals surface area contributed by atoms with E-state index < -0.39 is 0 Å². The van der Waals surface area contributed by atoms with Crippen LogP contribution >= 0.6 is 0 Å². The summed E-state index contributed by atoms with van der Waals surface area (Å²) in [6.07, 6.45) is 4.33. The highest BCUT2D eigenvalue weighted by Gasteiger charge is 2.21. The molecule has 1 N–H and O–H groups in total. The molecule has 0 unspecified atom stereocenters. The van der Waals surface area contributed by atoms with Crippen molar-refractivity contribution in [2.75, 3.05) is 38.2 Å². The SMILES string of the molecule is COc1cccnc1N1CCN(Cc2ccnc(Cc3nc4ccc(-c5nc(C)no5)cc4[nH]3)c2)CC1. The minimum absolute atomic E-state index is 0.505. The number of aromatic nitrogens is 6. The molecule has 0 saturated carbocycles. The van der Waals surface area contributed by atoms with Gasteiger partial charge in [0.2, 0.25) is 0 Å². The van der Waals surface area contributed by atoms with E-state index in [2.05, 4.69) is 47.0 Å². The van der Waals surface area contributed by atoms with Crippen LogP contribution in [0.5, 0.6) is 5.75 Å². The number of H-pyrrole nitrogens is 1. The smallest absolute Gasteiger partial charge is 0.257 e. The summed E-state index contributed by atoms with van der Waals surface area (Å²) in [7, 11) is 1.69. The summed E-state index contributed by atoms with van der Waals surface area (Å²) >= 11 is 0. The van der Waals surface area contributed by atoms with Gasteiger partial charge < -0.3 is 19.1 Å². The fraction of sp³-hybridized carbons (Fsp3) is 0.296. The number of nitrogens with zero attached hydrogens (tertiary/aromatic N) is 7. The zero-order valence-electron chi connectivity index (χ0n) is 20.9. The van der Waals surface area contributed by atoms with Gasteiger partial charge in [-0.1, -0.05) is 5.16 Å². The Morgan fingerprint density at radius 2 is 1.89 bits per heavy atom. The fourth-order valence-corrected chi connectivity index (χ4v) is 4.74. The third kappa shape index (κ3) is 5.01. The lowest BCUT2D eigenvalue weighted by Crippen LogP contribution is -2.46. The first kappa shape index (κ1) is 23.1. The van der Waals surface area contributed by atoms with Gasteiger partial charge in [-0.3, -0.25) is 9.88 Å². The zero-order chi connectivity index (χ0) is 25.2. The summed E-state index contributed by atoms with van der Waals surface area (Å²) in [6, 6.07) is 14.0. The number of imidazole rings is 1. The zero-order valence-corrected chi connectivity index (χ0v) is 20.9. The lowest BCUT2D eigenvalue weighted by atomic mass is 10.1. The van der Waals surface area contributed by atoms with E-state index in [4.69, 9.17) is 14.2 Å². The van der Waals surface area contributed by atoms with Crippen LogP contribution in [0.1, 0.15) is 22.9 Å². The molecule has 0 atom stereocenters. The third-order valence-corrected chi connectivity index (χ3v) is 6.58. The molecule has 0 amide bonds. The van der Waals surface area contributed by atoms with E-state index in [1.54, 1.807) is 14.0 Å². The first-order valence-corrected chi connectivity index (χ1v) is 12.3. The van der Waals surface area contributed by atoms with Crippen LogP contribution in [0.15, 0.2) is 59.4 Å². The van der Waals surface area contributed by atoms with Gasteiger partial charge in [0.1, 0.15) is 5.82 Å². The van der Waals surface area contributed by atoms with Crippen LogP contribution < -0.4 is 9.64 Å². The predicted octanol–water partition coefficient (Wildman–Crippen LogP) is 3.63. The Balaban J connectivity index is 1.10. The summed E-state index contributed by atoms with van der Waals surface area (Å²) in [6.45, 7) is 6.44. The van der Waals surface area contributed by atoms with Crippen LogP contribution in [-0.2, 0) is 13.0 Å². The van der Waals surface area contributed by atoms with E-state index in [9.17, 15) is 0 Å². The number of ether oxygens (including phenoxy) is 1. The quantitative estimate of drug-likeness (QED) is 0.361. The van der Waals surface area contributed by atoms with Gasteiger partial charge in [0.05, 0.1) is 18.1 Å². The van der Waals surface area contributed by atoms with Gasteiger partial charge in [-0.2, -0.15) is 4.98 Å². The lowest BCUT2D eigenvalue weighted by Gasteiger charge is -2.35. The molecule has 5 heterocycles. The normalized spacial score (nSPS) is 14.4. The molecular weight excluding hydrogens is 468 g/mol. The first-order valence-electron chi connectivity index (χ1n) is 12.3. The van der Waals surface area contributed by atoms with Gasteiger partial charge in [0.25, 0.3) is 5.89 Å². The van der Waals surface area contributed by atoms with Crippen LogP contribution in [0.2, 0.25) is 0 Å². The molecule has 0 bridgehead atoms. The highest BCUT2D eigenvalue weighted by atomic mass is 16.5. The van der Waals surface area contributed by atoms with Crippen LogP contribution in [-0.4, -0.2) is 68.3 Å². The Morgan fingerprint density at radius 3 is 2.70 bits per heavy atom. The van der Waals surface area contributed by atoms with E-state index in [-0.39, 0.29) is 0 Å². The van der Waals surface area contributed by atoms with Crippen LogP contribution in [0.3, 0.4) is 0 Å². The second-order valence-corrected chi connectivity index (χ2v) is 9.19. The molecule has 10 nitrogen and oxygen atoms in total. The number of benzene rings is 1. The van der Waals surface area contributed by atoms with Gasteiger partial charge in [-0.05, 0) is 55.0 Å². The summed E-state index contributed by atoms with van der Waals surface area (Å²) in [4.78, 5) is 26.4. The molecule has 0 aliphatic carbocycles. The van der Waals surface area contributed by atoms with E-state index in [1.165, 1.54) is 5.56 Å². The number of fused-ring (bicyclic) bond motifs is 1. The van der Waals surface area contributed by atoms with Crippen molar-refractivity contribution in [2.45, 2.75) is 19.9 Å². The minimum atomic E-state index is 0.505. The summed E-state index contributed by atoms with van der Waals surface area (Å²) < 4.78 is 10.8. The average molecular weight is 497 g/mol. The number of hydrogen-bond donors (Lipinski definition) is 1. The maximum absolute atomic E-state index is 5.49. The topological polar surface area (TPSA) is 109 Å². The molecule has 10 heteroatoms. The van der Waals surface area contributed by atoms with Gasteiger partial charge in [-0.25, -0.2) is 9.97 Å². The molecule has 37 heavy (non-hydrogen) atoms. The maximum atomic E-state index is 5.49. The Morgan fingerprint density at radius 1 is 1.00 bits per heavy atom. The monoisotopic (exact) mass is 496 g/mol. The molecular formula is C27H28N8O2. The summed E-state index contributed by atoms with van der Waals surface area (Å²) in [5.74, 6) is 3.73. The molecule has 0 radical (unpaired) electrons. The largest absolute Gasteiger partial charge is 0.493 e. The van der Waals surface area contributed by atoms with Gasteiger partial charge in [0, 0.05) is 62.8 Å². The van der Waals surface area contributed by atoms with Gasteiger partial charge in [-0.15, -0.1) is 0 Å². The summed E-state index contributed by atoms with van der Waals surface area (Å²) in [5.41, 5.74) is 4.93. The van der Waals surface area contributed by atoms with Gasteiger partial charge in [0.15, 0.2) is 17.4 Å². The number of rotatable bonds is 7. The van der Waals surface area contributed by atoms with Crippen molar-refractivity contribution in [3.05, 3.63) is 77.8 Å². The molecule has 1 aliphatic rings. The maximum Gasteiger partial charge on any atom is 0.257 e. The number of pyridine rings is 2. The predicted molar refractivity (Wildman–Crippen MR) is 139 cm³/mol. The number of hydrogen-bond acceptors (Lipinski definition) is 9. The van der Waals surface area contributed by atoms with Crippen molar-refractivity contribution in [1.29, 1.82) is 0 Å². The molecule has 0 spiro atoms. The number of anilines is 1. The van der Waals surface area contributed by atoms with Crippen LogP contribution in [0.25, 0.3) is 22.5 Å². The first-order chi connectivity index (χ1) is 18.1. The van der Waals surface area contributed by atoms with E-state index in [1.807, 2.05) is 42.7 Å². The molecule has 6 rings (SSSR count). The molecule has 188 valence electrons. The molecule has 5 aromatic rings. The minimum Gasteiger partial charge on any atom is -0.493 e. The molecule has 1 aromatic carbocycles. The van der Waals surface area contributed by atoms with Crippen molar-refractivity contribution in [1.82, 2.24) is 35.0 Å². The molecule has 1 fully saturated rings. The van der Waals surface area contributed by atoms with Crippen LogP contribution in [0.4, 0.5) is 5.82 Å². The van der Waals surface area contributed by atoms with Crippen molar-refractivity contribution >= 4 is 16.9 Å². The second-order valence-electron chi connectivity index (χ2n) is 9.19. The molecule has 4 aromatic heterocycles. The fourth-order valence-electron chi connectivity index (χ4n) is 4.74. The standard InChI is InChI=1S/C27H28N8O2/c1-18-30-27(37-33-18)20-5-6-22-23(15-20)32-25(31-22)16-21-14-19(7-9-28-21)17-34-10-12-35(13-11-34)26-24(36-2)4-3-8-29-26/h3-9,14-15H,10-13,16-17H2,1-2H3,(H,31,32). The number of aryl methyl sites for hydroxylation is 1. The highest BCUT2D eigenvalue weighted by molar-refractivity contribution is 5.80. The second kappa shape index (κ2) is 9.98. The molecule has 1 aliphatic heterocycles. The van der Waals surface area contributed by atoms with Crippen molar-refractivity contribution in [2.24, 2.45) is 0 Å². The van der Waals surface area contributed by atoms with Crippen LogP contribution in [0, 0.1) is 6.92 Å². The Kier molecular flexibility index (Phi) is 6.23. The summed E-state index contributed by atoms with van der Waals surface area (Å²) in [5, 5.41) is 3.87. The number of nitrogens with one attached hydrogen (secondary N) is 1. The Hall–Kier alpha value is -4.31. The third-order valence-electron chi connectivity index (χ3n) is 6.58. The van der Waals surface area contributed by atoms with Crippen molar-refractivity contribution in [3.8, 4) is 17.2 Å². The van der Waals surface area contributed by atoms with E-state index in [0.29, 0.717) is 18.1 Å². The van der Waals surface area contributed by atoms with Crippen molar-refractivity contribution < 1.29 is 9.26 Å².